The molecule has 0 aliphatic heterocycles. The van der Waals surface area contributed by atoms with Gasteiger partial charge in [-0.1, -0.05) is 12.8 Å². The monoisotopic (exact) mass is 236 g/mol. The Morgan fingerprint density at radius 2 is 1.65 bits per heavy atom. The summed E-state index contributed by atoms with van der Waals surface area (Å²) < 4.78 is 0. The number of nitrogens with zero attached hydrogens (tertiary/aromatic N) is 1. The number of hydrogen-bond donors (Lipinski definition) is 2. The minimum absolute atomic E-state index is 0.319. The number of hydrogen-bond acceptors (Lipinski definition) is 3. The molecular weight excluding hydrogens is 212 g/mol. The van der Waals surface area contributed by atoms with E-state index in [1.165, 1.54) is 17.8 Å². The molecule has 3 nitrogen and oxygen atoms in total. The fraction of sp³-hybridized carbons (Fsp3) is 0.571. The van der Waals surface area contributed by atoms with E-state index in [4.69, 9.17) is 5.11 Å². The van der Waals surface area contributed by atoms with Gasteiger partial charge in [-0.15, -0.1) is 0 Å². The molecule has 0 fully saturated rings. The smallest absolute Gasteiger partial charge is 0.0431 e. The molecule has 1 aromatic rings. The van der Waals surface area contributed by atoms with Crippen LogP contribution >= 0.6 is 0 Å². The van der Waals surface area contributed by atoms with Gasteiger partial charge in [-0.2, -0.15) is 0 Å². The summed E-state index contributed by atoms with van der Waals surface area (Å²) in [6.45, 7) is 1.33. The maximum absolute atomic E-state index is 8.65. The van der Waals surface area contributed by atoms with Crippen LogP contribution < -0.4 is 10.2 Å². The summed E-state index contributed by atoms with van der Waals surface area (Å²) in [5.41, 5.74) is 2.40. The van der Waals surface area contributed by atoms with Crippen LogP contribution in [0.4, 0.5) is 11.4 Å². The molecule has 0 saturated carbocycles. The summed E-state index contributed by atoms with van der Waals surface area (Å²) in [6, 6.07) is 8.47. The number of anilines is 2. The van der Waals surface area contributed by atoms with Gasteiger partial charge in [0.2, 0.25) is 0 Å². The van der Waals surface area contributed by atoms with Crippen LogP contribution in [0.1, 0.15) is 25.7 Å². The summed E-state index contributed by atoms with van der Waals surface area (Å²) in [6.07, 6.45) is 4.40. The predicted molar refractivity (Wildman–Crippen MR) is 74.8 cm³/mol. The molecule has 0 aliphatic rings. The van der Waals surface area contributed by atoms with Crippen LogP contribution in [0.15, 0.2) is 24.3 Å². The van der Waals surface area contributed by atoms with Crippen LogP contribution in [-0.4, -0.2) is 32.4 Å². The first-order valence-electron chi connectivity index (χ1n) is 6.36. The van der Waals surface area contributed by atoms with Crippen molar-refractivity contribution in [2.45, 2.75) is 25.7 Å². The van der Waals surface area contributed by atoms with Crippen molar-refractivity contribution >= 4 is 11.4 Å². The van der Waals surface area contributed by atoms with Gasteiger partial charge in [0.15, 0.2) is 0 Å². The highest BCUT2D eigenvalue weighted by Crippen LogP contribution is 2.15. The third-order valence-corrected chi connectivity index (χ3v) is 2.80. The number of nitrogens with one attached hydrogen (secondary N) is 1. The highest BCUT2D eigenvalue weighted by Gasteiger charge is 1.95. The first-order valence-corrected chi connectivity index (χ1v) is 6.36. The van der Waals surface area contributed by atoms with E-state index in [1.54, 1.807) is 0 Å². The molecule has 0 radical (unpaired) electrons. The molecule has 0 unspecified atom stereocenters. The van der Waals surface area contributed by atoms with Gasteiger partial charge in [0.1, 0.15) is 0 Å². The van der Waals surface area contributed by atoms with Gasteiger partial charge < -0.3 is 15.3 Å². The molecule has 17 heavy (non-hydrogen) atoms. The van der Waals surface area contributed by atoms with Crippen molar-refractivity contribution in [3.63, 3.8) is 0 Å². The van der Waals surface area contributed by atoms with Crippen molar-refractivity contribution in [3.8, 4) is 0 Å². The van der Waals surface area contributed by atoms with Crippen LogP contribution in [0.3, 0.4) is 0 Å². The van der Waals surface area contributed by atoms with Gasteiger partial charge in [-0.25, -0.2) is 0 Å². The van der Waals surface area contributed by atoms with Gasteiger partial charge in [-0.05, 0) is 37.1 Å². The minimum atomic E-state index is 0.319. The largest absolute Gasteiger partial charge is 0.396 e. The molecule has 96 valence electrons. The van der Waals surface area contributed by atoms with Gasteiger partial charge in [0, 0.05) is 38.6 Å². The van der Waals surface area contributed by atoms with Crippen molar-refractivity contribution in [2.75, 3.05) is 37.5 Å². The standard InChI is InChI=1S/C14H24N2O/c1-16(2)14-9-7-13(8-10-14)15-11-5-3-4-6-12-17/h7-10,15,17H,3-6,11-12H2,1-2H3. The van der Waals surface area contributed by atoms with E-state index in [1.807, 2.05) is 14.1 Å². The Hall–Kier alpha value is -1.22. The number of benzene rings is 1. The molecule has 3 heteroatoms. The first-order chi connectivity index (χ1) is 8.24. The average molecular weight is 236 g/mol. The molecule has 0 bridgehead atoms. The van der Waals surface area contributed by atoms with Crippen molar-refractivity contribution < 1.29 is 5.11 Å². The van der Waals surface area contributed by atoms with E-state index in [0.717, 1.165) is 25.8 Å². The van der Waals surface area contributed by atoms with E-state index < -0.39 is 0 Å². The summed E-state index contributed by atoms with van der Waals surface area (Å²) in [5.74, 6) is 0. The van der Waals surface area contributed by atoms with Crippen molar-refractivity contribution in [2.24, 2.45) is 0 Å². The van der Waals surface area contributed by atoms with Crippen molar-refractivity contribution in [1.82, 2.24) is 0 Å². The molecule has 0 spiro atoms. The maximum Gasteiger partial charge on any atom is 0.0431 e. The lowest BCUT2D eigenvalue weighted by Crippen LogP contribution is -2.08. The summed E-state index contributed by atoms with van der Waals surface area (Å²) in [5, 5.41) is 12.1. The Kier molecular flexibility index (Phi) is 6.48. The van der Waals surface area contributed by atoms with Crippen molar-refractivity contribution in [1.29, 1.82) is 0 Å². The number of aliphatic hydroxyl groups is 1. The van der Waals surface area contributed by atoms with Gasteiger partial charge in [0.25, 0.3) is 0 Å². The molecule has 0 atom stereocenters. The van der Waals surface area contributed by atoms with Crippen LogP contribution in [0.2, 0.25) is 0 Å². The predicted octanol–water partition coefficient (Wildman–Crippen LogP) is 2.72. The molecule has 0 aromatic heterocycles. The first kappa shape index (κ1) is 13.8. The molecule has 0 aliphatic carbocycles. The SMILES string of the molecule is CN(C)c1ccc(NCCCCCCO)cc1. The molecule has 0 heterocycles. The Balaban J connectivity index is 2.19. The molecule has 1 aromatic carbocycles. The molecule has 1 rings (SSSR count). The lowest BCUT2D eigenvalue weighted by atomic mass is 10.2. The fourth-order valence-electron chi connectivity index (χ4n) is 1.70. The van der Waals surface area contributed by atoms with E-state index in [0.29, 0.717) is 6.61 Å². The molecule has 0 saturated heterocycles. The molecular formula is C14H24N2O. The fourth-order valence-corrected chi connectivity index (χ4v) is 1.70. The van der Waals surface area contributed by atoms with E-state index in [2.05, 4.69) is 34.5 Å². The Morgan fingerprint density at radius 1 is 1.00 bits per heavy atom. The summed E-state index contributed by atoms with van der Waals surface area (Å²) in [4.78, 5) is 2.10. The van der Waals surface area contributed by atoms with Crippen LogP contribution in [0.5, 0.6) is 0 Å². The third-order valence-electron chi connectivity index (χ3n) is 2.80. The van der Waals surface area contributed by atoms with E-state index >= 15 is 0 Å². The highest BCUT2D eigenvalue weighted by atomic mass is 16.2. The second kappa shape index (κ2) is 7.96. The Labute approximate surface area is 104 Å². The lowest BCUT2D eigenvalue weighted by molar-refractivity contribution is 0.283. The van der Waals surface area contributed by atoms with E-state index in [-0.39, 0.29) is 0 Å². The Bertz CT molecular complexity index is 296. The van der Waals surface area contributed by atoms with E-state index in [9.17, 15) is 0 Å². The van der Waals surface area contributed by atoms with Crippen molar-refractivity contribution in [3.05, 3.63) is 24.3 Å². The topological polar surface area (TPSA) is 35.5 Å². The van der Waals surface area contributed by atoms with Gasteiger partial charge in [-0.3, -0.25) is 0 Å². The number of rotatable bonds is 8. The zero-order valence-electron chi connectivity index (χ0n) is 10.9. The minimum Gasteiger partial charge on any atom is -0.396 e. The molecule has 2 N–H and O–H groups in total. The molecule has 0 amide bonds. The Morgan fingerprint density at radius 3 is 2.24 bits per heavy atom. The lowest BCUT2D eigenvalue weighted by Gasteiger charge is -2.13. The second-order valence-corrected chi connectivity index (χ2v) is 4.51. The van der Waals surface area contributed by atoms with Gasteiger partial charge in [0.05, 0.1) is 0 Å². The third kappa shape index (κ3) is 5.59. The van der Waals surface area contributed by atoms with Gasteiger partial charge >= 0.3 is 0 Å². The second-order valence-electron chi connectivity index (χ2n) is 4.51. The number of aliphatic hydroxyl groups excluding tert-OH is 1. The zero-order chi connectivity index (χ0) is 12.5. The highest BCUT2D eigenvalue weighted by molar-refractivity contribution is 5.54. The average Bonchev–Trinajstić information content (AvgIpc) is 2.34. The normalized spacial score (nSPS) is 10.3. The summed E-state index contributed by atoms with van der Waals surface area (Å²) in [7, 11) is 4.09. The van der Waals surface area contributed by atoms with Crippen LogP contribution in [-0.2, 0) is 0 Å². The zero-order valence-corrected chi connectivity index (χ0v) is 10.9. The maximum atomic E-state index is 8.65. The summed E-state index contributed by atoms with van der Waals surface area (Å²) >= 11 is 0. The quantitative estimate of drug-likeness (QED) is 0.681. The number of unbranched alkanes of at least 4 members (excludes halogenated alkanes) is 3. The van der Waals surface area contributed by atoms with Crippen LogP contribution in [0.25, 0.3) is 0 Å². The van der Waals surface area contributed by atoms with Crippen LogP contribution in [0, 0.1) is 0 Å².